The van der Waals surface area contributed by atoms with E-state index in [9.17, 15) is 4.39 Å². The molecule has 0 aliphatic carbocycles. The van der Waals surface area contributed by atoms with Crippen LogP contribution in [0.3, 0.4) is 0 Å². The van der Waals surface area contributed by atoms with E-state index < -0.39 is 0 Å². The number of hydrogen-bond donors (Lipinski definition) is 1. The molecule has 1 heterocycles. The van der Waals surface area contributed by atoms with Crippen LogP contribution >= 0.6 is 0 Å². The fourth-order valence-electron chi connectivity index (χ4n) is 1.43. The Morgan fingerprint density at radius 1 is 1.31 bits per heavy atom. The predicted molar refractivity (Wildman–Crippen MR) is 64.0 cm³/mol. The third-order valence-corrected chi connectivity index (χ3v) is 2.35. The summed E-state index contributed by atoms with van der Waals surface area (Å²) in [5, 5.41) is 2.92. The molecule has 0 fully saturated rings. The van der Waals surface area contributed by atoms with E-state index in [0.29, 0.717) is 24.0 Å². The van der Waals surface area contributed by atoms with Gasteiger partial charge in [0.25, 0.3) is 0 Å². The molecule has 0 saturated carbocycles. The lowest BCUT2D eigenvalue weighted by atomic mass is 10.1. The summed E-state index contributed by atoms with van der Waals surface area (Å²) in [6.07, 6.45) is 1.83. The monoisotopic (exact) mass is 225 g/mol. The Morgan fingerprint density at radius 3 is 2.56 bits per heavy atom. The fourth-order valence-corrected chi connectivity index (χ4v) is 1.43. The van der Waals surface area contributed by atoms with Gasteiger partial charge in [0.05, 0.1) is 5.69 Å². The highest BCUT2D eigenvalue weighted by Gasteiger charge is 2.10. The topological polar surface area (TPSA) is 37.8 Å². The number of rotatable bonds is 5. The van der Waals surface area contributed by atoms with Gasteiger partial charge in [0.2, 0.25) is 0 Å². The van der Waals surface area contributed by atoms with Crippen molar-refractivity contribution in [2.24, 2.45) is 5.92 Å². The van der Waals surface area contributed by atoms with Gasteiger partial charge >= 0.3 is 0 Å². The van der Waals surface area contributed by atoms with Gasteiger partial charge in [0, 0.05) is 13.0 Å². The normalized spacial score (nSPS) is 10.9. The summed E-state index contributed by atoms with van der Waals surface area (Å²) >= 11 is 0. The van der Waals surface area contributed by atoms with Gasteiger partial charge in [-0.25, -0.2) is 14.4 Å². The maximum absolute atomic E-state index is 13.6. The molecule has 0 amide bonds. The van der Waals surface area contributed by atoms with Crippen LogP contribution in [0.25, 0.3) is 0 Å². The Hall–Kier alpha value is -1.19. The molecule has 0 unspecified atom stereocenters. The number of nitrogens with zero attached hydrogens (tertiary/aromatic N) is 2. The highest BCUT2D eigenvalue weighted by atomic mass is 19.1. The maximum Gasteiger partial charge on any atom is 0.186 e. The summed E-state index contributed by atoms with van der Waals surface area (Å²) in [6.45, 7) is 8.57. The Balaban J connectivity index is 2.86. The zero-order valence-corrected chi connectivity index (χ0v) is 10.5. The molecule has 1 aromatic rings. The minimum absolute atomic E-state index is 0.328. The number of halogens is 1. The van der Waals surface area contributed by atoms with Crippen molar-refractivity contribution < 1.29 is 4.39 Å². The van der Waals surface area contributed by atoms with E-state index in [0.717, 1.165) is 18.7 Å². The van der Waals surface area contributed by atoms with Crippen molar-refractivity contribution in [2.75, 3.05) is 11.9 Å². The molecule has 0 aliphatic heterocycles. The van der Waals surface area contributed by atoms with Crippen LogP contribution in [0.4, 0.5) is 10.2 Å². The van der Waals surface area contributed by atoms with Gasteiger partial charge < -0.3 is 5.32 Å². The number of nitrogens with one attached hydrogen (secondary N) is 1. The van der Waals surface area contributed by atoms with Gasteiger partial charge in [0.1, 0.15) is 5.82 Å². The van der Waals surface area contributed by atoms with E-state index in [4.69, 9.17) is 0 Å². The van der Waals surface area contributed by atoms with Gasteiger partial charge in [-0.1, -0.05) is 13.8 Å². The van der Waals surface area contributed by atoms with Crippen LogP contribution in [0.1, 0.15) is 38.7 Å². The molecule has 1 rings (SSSR count). The minimum Gasteiger partial charge on any atom is -0.368 e. The number of hydrogen-bond acceptors (Lipinski definition) is 3. The molecule has 0 bridgehead atoms. The van der Waals surface area contributed by atoms with Crippen LogP contribution in [0.15, 0.2) is 0 Å². The Kier molecular flexibility index (Phi) is 4.65. The second-order valence-electron chi connectivity index (χ2n) is 4.35. The van der Waals surface area contributed by atoms with Crippen molar-refractivity contribution in [1.29, 1.82) is 0 Å². The molecule has 0 aromatic carbocycles. The Bertz CT molecular complexity index is 350. The first kappa shape index (κ1) is 12.9. The van der Waals surface area contributed by atoms with E-state index >= 15 is 0 Å². The number of aromatic nitrogens is 2. The van der Waals surface area contributed by atoms with Crippen LogP contribution in [-0.2, 0) is 6.42 Å². The average molecular weight is 225 g/mol. The zero-order valence-electron chi connectivity index (χ0n) is 10.5. The highest BCUT2D eigenvalue weighted by Crippen LogP contribution is 2.15. The summed E-state index contributed by atoms with van der Waals surface area (Å²) in [5.74, 6) is 1.32. The first-order chi connectivity index (χ1) is 7.54. The van der Waals surface area contributed by atoms with Gasteiger partial charge in [-0.3, -0.25) is 0 Å². The quantitative estimate of drug-likeness (QED) is 0.837. The lowest BCUT2D eigenvalue weighted by Gasteiger charge is -2.09. The Morgan fingerprint density at radius 2 is 2.00 bits per heavy atom. The lowest BCUT2D eigenvalue weighted by molar-refractivity contribution is 0.562. The molecule has 1 N–H and O–H groups in total. The molecule has 90 valence electrons. The van der Waals surface area contributed by atoms with Crippen LogP contribution in [0.2, 0.25) is 0 Å². The minimum atomic E-state index is -0.338. The first-order valence-electron chi connectivity index (χ1n) is 5.81. The van der Waals surface area contributed by atoms with Gasteiger partial charge in [-0.05, 0) is 26.2 Å². The molecule has 0 radical (unpaired) electrons. The van der Waals surface area contributed by atoms with Crippen molar-refractivity contribution in [3.8, 4) is 0 Å². The average Bonchev–Trinajstić information content (AvgIpc) is 2.22. The zero-order chi connectivity index (χ0) is 12.1. The largest absolute Gasteiger partial charge is 0.368 e. The summed E-state index contributed by atoms with van der Waals surface area (Å²) in [7, 11) is 0. The second kappa shape index (κ2) is 5.77. The van der Waals surface area contributed by atoms with Crippen LogP contribution in [-0.4, -0.2) is 16.5 Å². The van der Waals surface area contributed by atoms with Crippen molar-refractivity contribution in [2.45, 2.75) is 40.5 Å². The van der Waals surface area contributed by atoms with E-state index in [1.54, 1.807) is 6.92 Å². The van der Waals surface area contributed by atoms with Crippen molar-refractivity contribution >= 4 is 5.82 Å². The Labute approximate surface area is 96.5 Å². The summed E-state index contributed by atoms with van der Waals surface area (Å²) in [5.41, 5.74) is 0.421. The lowest BCUT2D eigenvalue weighted by Crippen LogP contribution is -2.09. The van der Waals surface area contributed by atoms with Gasteiger partial charge in [-0.2, -0.15) is 0 Å². The molecule has 4 heteroatoms. The SMILES string of the molecule is CCNc1nc(CCC(C)C)nc(C)c1F. The van der Waals surface area contributed by atoms with Gasteiger partial charge in [0.15, 0.2) is 11.6 Å². The molecule has 0 spiro atoms. The maximum atomic E-state index is 13.6. The van der Waals surface area contributed by atoms with Crippen LogP contribution < -0.4 is 5.32 Å². The van der Waals surface area contributed by atoms with Crippen LogP contribution in [0.5, 0.6) is 0 Å². The highest BCUT2D eigenvalue weighted by molar-refractivity contribution is 5.37. The second-order valence-corrected chi connectivity index (χ2v) is 4.35. The van der Waals surface area contributed by atoms with Crippen LogP contribution in [0, 0.1) is 18.7 Å². The van der Waals surface area contributed by atoms with E-state index in [1.807, 2.05) is 6.92 Å². The first-order valence-corrected chi connectivity index (χ1v) is 5.81. The standard InChI is InChI=1S/C12H20FN3/c1-5-14-12-11(13)9(4)15-10(16-12)7-6-8(2)3/h8H,5-7H2,1-4H3,(H,14,15,16). The molecule has 0 atom stereocenters. The van der Waals surface area contributed by atoms with E-state index in [-0.39, 0.29) is 5.82 Å². The van der Waals surface area contributed by atoms with Crippen molar-refractivity contribution in [3.05, 3.63) is 17.3 Å². The predicted octanol–water partition coefficient (Wildman–Crippen LogP) is 2.94. The molecule has 1 aromatic heterocycles. The number of anilines is 1. The van der Waals surface area contributed by atoms with Crippen molar-refractivity contribution in [1.82, 2.24) is 9.97 Å². The molecular formula is C12H20FN3. The molecule has 3 nitrogen and oxygen atoms in total. The fraction of sp³-hybridized carbons (Fsp3) is 0.667. The van der Waals surface area contributed by atoms with E-state index in [2.05, 4.69) is 29.1 Å². The van der Waals surface area contributed by atoms with E-state index in [1.165, 1.54) is 0 Å². The smallest absolute Gasteiger partial charge is 0.186 e. The third-order valence-electron chi connectivity index (χ3n) is 2.35. The van der Waals surface area contributed by atoms with Gasteiger partial charge in [-0.15, -0.1) is 0 Å². The summed E-state index contributed by atoms with van der Waals surface area (Å²) in [6, 6.07) is 0. The molecular weight excluding hydrogens is 205 g/mol. The molecule has 0 aliphatic rings. The summed E-state index contributed by atoms with van der Waals surface area (Å²) in [4.78, 5) is 8.36. The molecule has 16 heavy (non-hydrogen) atoms. The van der Waals surface area contributed by atoms with Crippen molar-refractivity contribution in [3.63, 3.8) is 0 Å². The third kappa shape index (κ3) is 3.43. The number of aryl methyl sites for hydroxylation is 2. The molecule has 0 saturated heterocycles. The summed E-state index contributed by atoms with van der Waals surface area (Å²) < 4.78 is 13.6.